The van der Waals surface area contributed by atoms with Gasteiger partial charge in [-0.2, -0.15) is 13.2 Å². The van der Waals surface area contributed by atoms with Crippen LogP contribution in [0.25, 0.3) is 11.1 Å². The molecule has 3 rings (SSSR count). The number of aliphatic hydroxyl groups is 1. The van der Waals surface area contributed by atoms with Crippen LogP contribution in [0.5, 0.6) is 0 Å². The molecule has 0 heterocycles. The number of benzene rings is 2. The van der Waals surface area contributed by atoms with E-state index in [1.807, 2.05) is 41.7 Å². The first-order valence-electron chi connectivity index (χ1n) is 10.3. The van der Waals surface area contributed by atoms with E-state index in [0.29, 0.717) is 0 Å². The van der Waals surface area contributed by atoms with Gasteiger partial charge in [0, 0.05) is 12.5 Å². The molecule has 0 aromatic heterocycles. The highest BCUT2D eigenvalue weighted by Crippen LogP contribution is 2.44. The van der Waals surface area contributed by atoms with E-state index in [2.05, 4.69) is 0 Å². The third-order valence-corrected chi connectivity index (χ3v) is 5.37. The summed E-state index contributed by atoms with van der Waals surface area (Å²) in [6.45, 7) is 0.0272. The first kappa shape index (κ1) is 25.0. The average Bonchev–Trinajstić information content (AvgIpc) is 3.06. The van der Waals surface area contributed by atoms with Crippen molar-refractivity contribution in [1.29, 1.82) is 0 Å². The smallest absolute Gasteiger partial charge is 0.417 e. The predicted molar refractivity (Wildman–Crippen MR) is 114 cm³/mol. The molecule has 8 nitrogen and oxygen atoms in total. The molecule has 4 N–H and O–H groups in total. The molecular weight excluding hydrogens is 457 g/mol. The fourth-order valence-electron chi connectivity index (χ4n) is 3.82. The molecule has 0 saturated carbocycles. The van der Waals surface area contributed by atoms with Crippen LogP contribution in [0, 0.1) is 0 Å². The predicted octanol–water partition coefficient (Wildman–Crippen LogP) is 2.80. The van der Waals surface area contributed by atoms with Gasteiger partial charge in [0.05, 0.1) is 12.0 Å². The summed E-state index contributed by atoms with van der Waals surface area (Å²) in [5.41, 5.74) is 1.62. The molecule has 0 saturated heterocycles. The Bertz CT molecular complexity index is 1040. The van der Waals surface area contributed by atoms with Crippen molar-refractivity contribution in [2.75, 3.05) is 13.2 Å². The molecule has 1 aliphatic carbocycles. The van der Waals surface area contributed by atoms with E-state index in [0.717, 1.165) is 29.2 Å². The summed E-state index contributed by atoms with van der Waals surface area (Å²) in [5, 5.41) is 21.9. The minimum Gasteiger partial charge on any atom is -0.481 e. The zero-order valence-electron chi connectivity index (χ0n) is 18.1. The number of nitrogens with one attached hydrogen (secondary N) is 2. The van der Waals surface area contributed by atoms with Gasteiger partial charge in [-0.1, -0.05) is 48.5 Å². The maximum atomic E-state index is 13.4. The van der Waals surface area contributed by atoms with Gasteiger partial charge in [-0.15, -0.1) is 0 Å². The number of ether oxygens (including phenoxy) is 1. The molecule has 0 radical (unpaired) electrons. The van der Waals surface area contributed by atoms with E-state index in [1.54, 1.807) is 12.1 Å². The molecule has 34 heavy (non-hydrogen) atoms. The number of carboxylic acid groups (broad SMARTS) is 1. The van der Waals surface area contributed by atoms with Crippen LogP contribution in [-0.4, -0.2) is 59.2 Å². The molecular formula is C23H23F3N2O6. The lowest BCUT2D eigenvalue weighted by atomic mass is 9.98. The van der Waals surface area contributed by atoms with Crippen molar-refractivity contribution in [3.05, 3.63) is 59.7 Å². The minimum atomic E-state index is -5.16. The van der Waals surface area contributed by atoms with Crippen molar-refractivity contribution in [2.24, 2.45) is 0 Å². The Hall–Kier alpha value is -3.60. The monoisotopic (exact) mass is 480 g/mol. The third-order valence-electron chi connectivity index (χ3n) is 5.37. The number of carboxylic acids is 1. The number of alkyl carbamates (subject to hydrolysis) is 1. The van der Waals surface area contributed by atoms with Crippen molar-refractivity contribution >= 4 is 18.0 Å². The van der Waals surface area contributed by atoms with Crippen molar-refractivity contribution < 1.29 is 42.5 Å². The molecule has 11 heteroatoms. The second-order valence-electron chi connectivity index (χ2n) is 8.23. The Labute approximate surface area is 192 Å². The van der Waals surface area contributed by atoms with Gasteiger partial charge in [0.2, 0.25) is 6.04 Å². The molecule has 2 amide bonds. The highest BCUT2D eigenvalue weighted by molar-refractivity contribution is 5.86. The number of rotatable bonds is 8. The first-order valence-corrected chi connectivity index (χ1v) is 10.3. The van der Waals surface area contributed by atoms with E-state index >= 15 is 0 Å². The fourth-order valence-corrected chi connectivity index (χ4v) is 3.82. The zero-order chi connectivity index (χ0) is 25.1. The van der Waals surface area contributed by atoms with Crippen molar-refractivity contribution in [2.45, 2.75) is 37.1 Å². The molecule has 2 atom stereocenters. The molecule has 2 aromatic rings. The van der Waals surface area contributed by atoms with Gasteiger partial charge >= 0.3 is 18.2 Å². The van der Waals surface area contributed by atoms with Gasteiger partial charge in [-0.25, -0.2) is 4.79 Å². The summed E-state index contributed by atoms with van der Waals surface area (Å²) >= 11 is 0. The largest absolute Gasteiger partial charge is 0.481 e. The number of hydrogen-bond acceptors (Lipinski definition) is 5. The topological polar surface area (TPSA) is 125 Å². The number of amides is 2. The Kier molecular flexibility index (Phi) is 7.15. The number of fused-ring (bicyclic) bond motifs is 3. The summed E-state index contributed by atoms with van der Waals surface area (Å²) in [5.74, 6) is -3.45. The molecule has 0 bridgehead atoms. The summed E-state index contributed by atoms with van der Waals surface area (Å²) in [4.78, 5) is 35.0. The normalized spacial score (nSPS) is 15.4. The molecule has 0 fully saturated rings. The van der Waals surface area contributed by atoms with E-state index in [-0.39, 0.29) is 12.5 Å². The standard InChI is InChI=1S/C23H23F3N2O6/c1-22(33,10-18(29)30)12-27-20(31)19(23(24,25)26)28-21(32)34-11-17-15-8-4-2-6-13(15)14-7-3-5-9-16(14)17/h2-9,17,19,33H,10-12H2,1H3,(H,27,31)(H,28,32)(H,29,30). The summed E-state index contributed by atoms with van der Waals surface area (Å²) in [7, 11) is 0. The van der Waals surface area contributed by atoms with Crippen LogP contribution in [0.2, 0.25) is 0 Å². The van der Waals surface area contributed by atoms with Crippen LogP contribution in [0.15, 0.2) is 48.5 Å². The van der Waals surface area contributed by atoms with Gasteiger partial charge < -0.3 is 25.6 Å². The van der Waals surface area contributed by atoms with E-state index in [4.69, 9.17) is 9.84 Å². The van der Waals surface area contributed by atoms with Crippen molar-refractivity contribution in [3.8, 4) is 11.1 Å². The van der Waals surface area contributed by atoms with Crippen LogP contribution in [0.4, 0.5) is 18.0 Å². The van der Waals surface area contributed by atoms with Crippen LogP contribution >= 0.6 is 0 Å². The highest BCUT2D eigenvalue weighted by atomic mass is 19.4. The average molecular weight is 480 g/mol. The third kappa shape index (κ3) is 5.84. The van der Waals surface area contributed by atoms with Gasteiger partial charge in [0.15, 0.2) is 0 Å². The number of alkyl halides is 3. The second-order valence-corrected chi connectivity index (χ2v) is 8.23. The number of halogens is 3. The molecule has 1 aliphatic rings. The van der Waals surface area contributed by atoms with Crippen LogP contribution in [0.3, 0.4) is 0 Å². The SMILES string of the molecule is CC(O)(CNC(=O)C(NC(=O)OCC1c2ccccc2-c2ccccc21)C(F)(F)F)CC(=O)O. The molecule has 0 aliphatic heterocycles. The van der Waals surface area contributed by atoms with Crippen LogP contribution in [0.1, 0.15) is 30.4 Å². The number of carbonyl (C=O) groups excluding carboxylic acids is 2. The molecule has 0 spiro atoms. The fraction of sp³-hybridized carbons (Fsp3) is 0.348. The zero-order valence-corrected chi connectivity index (χ0v) is 18.1. The number of aliphatic carboxylic acids is 1. The summed E-state index contributed by atoms with van der Waals surface area (Å²) in [6, 6.07) is 11.9. The summed E-state index contributed by atoms with van der Waals surface area (Å²) < 4.78 is 45.3. The van der Waals surface area contributed by atoms with E-state index < -0.39 is 48.8 Å². The van der Waals surface area contributed by atoms with Gasteiger partial charge in [0.25, 0.3) is 5.91 Å². The lowest BCUT2D eigenvalue weighted by Gasteiger charge is -2.25. The minimum absolute atomic E-state index is 0.251. The van der Waals surface area contributed by atoms with Crippen molar-refractivity contribution in [3.63, 3.8) is 0 Å². The first-order chi connectivity index (χ1) is 15.9. The Balaban J connectivity index is 1.65. The van der Waals surface area contributed by atoms with Gasteiger partial charge in [0.1, 0.15) is 6.61 Å². The van der Waals surface area contributed by atoms with Gasteiger partial charge in [-0.05, 0) is 29.2 Å². The van der Waals surface area contributed by atoms with Crippen LogP contribution in [-0.2, 0) is 14.3 Å². The van der Waals surface area contributed by atoms with E-state index in [9.17, 15) is 32.7 Å². The highest BCUT2D eigenvalue weighted by Gasteiger charge is 2.47. The number of carbonyl (C=O) groups is 3. The van der Waals surface area contributed by atoms with Gasteiger partial charge in [-0.3, -0.25) is 9.59 Å². The maximum Gasteiger partial charge on any atom is 0.417 e. The second kappa shape index (κ2) is 9.72. The van der Waals surface area contributed by atoms with Crippen LogP contribution < -0.4 is 10.6 Å². The quantitative estimate of drug-likeness (QED) is 0.461. The van der Waals surface area contributed by atoms with Crippen molar-refractivity contribution in [1.82, 2.24) is 10.6 Å². The molecule has 182 valence electrons. The lowest BCUT2D eigenvalue weighted by Crippen LogP contribution is -2.57. The van der Waals surface area contributed by atoms with E-state index in [1.165, 1.54) is 5.32 Å². The summed E-state index contributed by atoms with van der Waals surface area (Å²) in [6.07, 6.45) is -7.41. The Morgan fingerprint density at radius 2 is 1.56 bits per heavy atom. The lowest BCUT2D eigenvalue weighted by molar-refractivity contribution is -0.168. The molecule has 2 aromatic carbocycles. The molecule has 2 unspecified atom stereocenters. The Morgan fingerprint density at radius 3 is 2.06 bits per heavy atom. The maximum absolute atomic E-state index is 13.4. The Morgan fingerprint density at radius 1 is 1.03 bits per heavy atom. The number of hydrogen-bond donors (Lipinski definition) is 4.